The number of hydrogen-bond donors (Lipinski definition) is 0. The molecule has 3 rings (SSSR count). The lowest BCUT2D eigenvalue weighted by Crippen LogP contribution is -2.39. The lowest BCUT2D eigenvalue weighted by Gasteiger charge is -2.27. The van der Waals surface area contributed by atoms with Crippen molar-refractivity contribution < 1.29 is 19.1 Å². The van der Waals surface area contributed by atoms with Crippen LogP contribution in [0.15, 0.2) is 35.1 Å². The first-order valence-electron chi connectivity index (χ1n) is 8.28. The van der Waals surface area contributed by atoms with E-state index in [9.17, 15) is 9.59 Å². The fourth-order valence-corrected chi connectivity index (χ4v) is 3.38. The summed E-state index contributed by atoms with van der Waals surface area (Å²) in [6.07, 6.45) is 9.70. The van der Waals surface area contributed by atoms with E-state index in [0.717, 1.165) is 44.3 Å². The quantitative estimate of drug-likeness (QED) is 0.576. The van der Waals surface area contributed by atoms with Gasteiger partial charge >= 0.3 is 11.9 Å². The molecule has 1 saturated heterocycles. The first-order valence-corrected chi connectivity index (χ1v) is 8.28. The third-order valence-corrected chi connectivity index (χ3v) is 4.66. The van der Waals surface area contributed by atoms with Crippen molar-refractivity contribution in [1.82, 2.24) is 4.90 Å². The summed E-state index contributed by atoms with van der Waals surface area (Å²) >= 11 is 0. The first-order chi connectivity index (χ1) is 11.0. The van der Waals surface area contributed by atoms with Crippen LogP contribution in [0, 0.1) is 0 Å². The van der Waals surface area contributed by atoms with Gasteiger partial charge in [0.05, 0.1) is 6.04 Å². The summed E-state index contributed by atoms with van der Waals surface area (Å²) in [6.45, 7) is 5.59. The molecule has 1 fully saturated rings. The molecule has 0 aliphatic carbocycles. The Morgan fingerprint density at radius 2 is 2.09 bits per heavy atom. The van der Waals surface area contributed by atoms with Crippen molar-refractivity contribution in [2.75, 3.05) is 13.1 Å². The fourth-order valence-electron chi connectivity index (χ4n) is 3.38. The number of carbonyl (C=O) groups is 2. The summed E-state index contributed by atoms with van der Waals surface area (Å²) in [6, 6.07) is 0.301. The van der Waals surface area contributed by atoms with Gasteiger partial charge in [-0.25, -0.2) is 9.59 Å². The van der Waals surface area contributed by atoms with E-state index in [4.69, 9.17) is 9.47 Å². The summed E-state index contributed by atoms with van der Waals surface area (Å²) in [7, 11) is 0. The smallest absolute Gasteiger partial charge is 0.339 e. The molecule has 0 aromatic carbocycles. The van der Waals surface area contributed by atoms with Crippen LogP contribution in [0.25, 0.3) is 0 Å². The summed E-state index contributed by atoms with van der Waals surface area (Å²) < 4.78 is 10.6. The maximum absolute atomic E-state index is 11.5. The van der Waals surface area contributed by atoms with Crippen LogP contribution >= 0.6 is 0 Å². The van der Waals surface area contributed by atoms with Gasteiger partial charge in [-0.05, 0) is 70.8 Å². The Morgan fingerprint density at radius 3 is 2.74 bits per heavy atom. The zero-order chi connectivity index (χ0) is 16.4. The molecule has 0 aromatic rings. The van der Waals surface area contributed by atoms with Gasteiger partial charge in [-0.3, -0.25) is 4.90 Å². The molecule has 0 unspecified atom stereocenters. The zero-order valence-corrected chi connectivity index (χ0v) is 13.7. The molecular weight excluding hydrogens is 294 g/mol. The van der Waals surface area contributed by atoms with Gasteiger partial charge in [0.25, 0.3) is 0 Å². The van der Waals surface area contributed by atoms with E-state index in [0.29, 0.717) is 17.4 Å². The second-order valence-corrected chi connectivity index (χ2v) is 6.43. The monoisotopic (exact) mass is 317 g/mol. The standard InChI is InChI=1S/C18H23NO4/c1-12-10-14(22-17(12)20)6-3-4-8-19-9-5-7-15(19)16-11-13(2)18(21)23-16/h6,10-11,15-16H,3-5,7-9H2,1-2H3/b14-6-/t15-,16+/m0/s1. The molecule has 0 bridgehead atoms. The second kappa shape index (κ2) is 6.71. The molecule has 0 radical (unpaired) electrons. The highest BCUT2D eigenvalue weighted by molar-refractivity contribution is 5.92. The van der Waals surface area contributed by atoms with Gasteiger partial charge in [-0.1, -0.05) is 0 Å². The van der Waals surface area contributed by atoms with Crippen LogP contribution in [0.1, 0.15) is 39.5 Å². The number of likely N-dealkylation sites (tertiary alicyclic amines) is 1. The Hall–Kier alpha value is -1.88. The highest BCUT2D eigenvalue weighted by Crippen LogP contribution is 2.27. The molecule has 3 aliphatic heterocycles. The number of cyclic esters (lactones) is 2. The predicted octanol–water partition coefficient (Wildman–Crippen LogP) is 2.49. The molecule has 3 heterocycles. The maximum Gasteiger partial charge on any atom is 0.339 e. The number of rotatable bonds is 5. The van der Waals surface area contributed by atoms with Crippen LogP contribution in [0.4, 0.5) is 0 Å². The minimum Gasteiger partial charge on any atom is -0.453 e. The molecule has 3 aliphatic rings. The van der Waals surface area contributed by atoms with Crippen LogP contribution in [0.3, 0.4) is 0 Å². The Morgan fingerprint density at radius 1 is 1.26 bits per heavy atom. The average molecular weight is 317 g/mol. The first kappa shape index (κ1) is 16.0. The van der Waals surface area contributed by atoms with Gasteiger partial charge < -0.3 is 9.47 Å². The number of hydrogen-bond acceptors (Lipinski definition) is 5. The van der Waals surface area contributed by atoms with Gasteiger partial charge in [-0.15, -0.1) is 0 Å². The molecule has 0 N–H and O–H groups in total. The average Bonchev–Trinajstić information content (AvgIpc) is 3.18. The third kappa shape index (κ3) is 3.55. The Bertz CT molecular complexity index is 602. The zero-order valence-electron chi connectivity index (χ0n) is 13.7. The Labute approximate surface area is 136 Å². The van der Waals surface area contributed by atoms with E-state index in [-0.39, 0.29) is 18.0 Å². The number of unbranched alkanes of at least 4 members (excludes halogenated alkanes) is 1. The SMILES string of the molecule is CC1=C/C(=C/CCCN2CCC[C@H]2[C@H]2C=C(C)C(=O)O2)OC1=O. The normalized spacial score (nSPS) is 29.7. The number of allylic oxidation sites excluding steroid dienone is 2. The molecule has 23 heavy (non-hydrogen) atoms. The molecule has 0 aromatic heterocycles. The third-order valence-electron chi connectivity index (χ3n) is 4.66. The van der Waals surface area contributed by atoms with E-state index in [1.807, 2.05) is 19.1 Å². The van der Waals surface area contributed by atoms with E-state index in [1.54, 1.807) is 13.0 Å². The topological polar surface area (TPSA) is 55.8 Å². The maximum atomic E-state index is 11.5. The summed E-state index contributed by atoms with van der Waals surface area (Å²) in [5, 5.41) is 0. The minimum atomic E-state index is -0.249. The summed E-state index contributed by atoms with van der Waals surface area (Å²) in [5.74, 6) is 0.228. The van der Waals surface area contributed by atoms with Crippen molar-refractivity contribution in [3.63, 3.8) is 0 Å². The van der Waals surface area contributed by atoms with Crippen molar-refractivity contribution >= 4 is 11.9 Å². The van der Waals surface area contributed by atoms with Gasteiger partial charge in [0.2, 0.25) is 0 Å². The molecule has 0 amide bonds. The van der Waals surface area contributed by atoms with Crippen LogP contribution in [-0.2, 0) is 19.1 Å². The van der Waals surface area contributed by atoms with Crippen LogP contribution < -0.4 is 0 Å². The molecule has 2 atom stereocenters. The van der Waals surface area contributed by atoms with E-state index in [2.05, 4.69) is 4.90 Å². The van der Waals surface area contributed by atoms with E-state index >= 15 is 0 Å². The Balaban J connectivity index is 1.48. The van der Waals surface area contributed by atoms with E-state index in [1.165, 1.54) is 0 Å². The van der Waals surface area contributed by atoms with Gasteiger partial charge in [0.15, 0.2) is 0 Å². The van der Waals surface area contributed by atoms with Crippen molar-refractivity contribution in [3.05, 3.63) is 35.1 Å². The number of esters is 2. The van der Waals surface area contributed by atoms with Crippen LogP contribution in [0.2, 0.25) is 0 Å². The van der Waals surface area contributed by atoms with Gasteiger partial charge in [0, 0.05) is 11.1 Å². The molecular formula is C18H23NO4. The number of ether oxygens (including phenoxy) is 2. The molecule has 0 saturated carbocycles. The highest BCUT2D eigenvalue weighted by atomic mass is 16.6. The Kier molecular flexibility index (Phi) is 4.66. The van der Waals surface area contributed by atoms with Gasteiger partial charge in [-0.2, -0.15) is 0 Å². The number of nitrogens with zero attached hydrogens (tertiary/aromatic N) is 1. The van der Waals surface area contributed by atoms with Crippen molar-refractivity contribution in [2.24, 2.45) is 0 Å². The largest absolute Gasteiger partial charge is 0.453 e. The summed E-state index contributed by atoms with van der Waals surface area (Å²) in [4.78, 5) is 25.2. The van der Waals surface area contributed by atoms with Crippen LogP contribution in [-0.4, -0.2) is 42.1 Å². The fraction of sp³-hybridized carbons (Fsp3) is 0.556. The lowest BCUT2D eigenvalue weighted by molar-refractivity contribution is -0.141. The molecule has 5 heteroatoms. The molecule has 0 spiro atoms. The summed E-state index contributed by atoms with van der Waals surface area (Å²) in [5.41, 5.74) is 1.37. The number of carbonyl (C=O) groups excluding carboxylic acids is 2. The van der Waals surface area contributed by atoms with Crippen LogP contribution in [0.5, 0.6) is 0 Å². The lowest BCUT2D eigenvalue weighted by atomic mass is 10.1. The molecule has 5 nitrogen and oxygen atoms in total. The van der Waals surface area contributed by atoms with Gasteiger partial charge in [0.1, 0.15) is 11.9 Å². The van der Waals surface area contributed by atoms with Crippen molar-refractivity contribution in [3.8, 4) is 0 Å². The molecule has 124 valence electrons. The second-order valence-electron chi connectivity index (χ2n) is 6.43. The van der Waals surface area contributed by atoms with Crippen molar-refractivity contribution in [2.45, 2.75) is 51.7 Å². The predicted molar refractivity (Wildman–Crippen MR) is 85.4 cm³/mol. The van der Waals surface area contributed by atoms with Crippen molar-refractivity contribution in [1.29, 1.82) is 0 Å². The minimum absolute atomic E-state index is 0.0928. The van der Waals surface area contributed by atoms with E-state index < -0.39 is 0 Å². The highest BCUT2D eigenvalue weighted by Gasteiger charge is 2.36.